The predicted molar refractivity (Wildman–Crippen MR) is 56.6 cm³/mol. The summed E-state index contributed by atoms with van der Waals surface area (Å²) < 4.78 is 6.73. The molecule has 0 radical (unpaired) electrons. The molecule has 0 spiro atoms. The van der Waals surface area contributed by atoms with Gasteiger partial charge in [-0.1, -0.05) is 17.3 Å². The Morgan fingerprint density at radius 1 is 1.44 bits per heavy atom. The highest BCUT2D eigenvalue weighted by atomic mass is 16.5. The molecule has 16 heavy (non-hydrogen) atoms. The fourth-order valence-corrected chi connectivity index (χ4v) is 1.33. The SMILES string of the molecule is CCCc1noc(Cn2nnc(N)c2C)n1. The number of nitrogens with zero attached hydrogens (tertiary/aromatic N) is 5. The van der Waals surface area contributed by atoms with Gasteiger partial charge in [-0.25, -0.2) is 4.68 Å². The van der Waals surface area contributed by atoms with Gasteiger partial charge in [0.1, 0.15) is 6.54 Å². The maximum absolute atomic E-state index is 5.59. The summed E-state index contributed by atoms with van der Waals surface area (Å²) in [5.74, 6) is 1.67. The van der Waals surface area contributed by atoms with E-state index in [4.69, 9.17) is 10.3 Å². The summed E-state index contributed by atoms with van der Waals surface area (Å²) in [6.07, 6.45) is 1.82. The smallest absolute Gasteiger partial charge is 0.248 e. The van der Waals surface area contributed by atoms with Gasteiger partial charge in [-0.2, -0.15) is 4.98 Å². The van der Waals surface area contributed by atoms with Crippen molar-refractivity contribution in [3.8, 4) is 0 Å². The van der Waals surface area contributed by atoms with Gasteiger partial charge in [0.2, 0.25) is 5.89 Å². The standard InChI is InChI=1S/C9H14N6O/c1-3-4-7-11-8(16-13-7)5-15-6(2)9(10)12-14-15/h3-5,10H2,1-2H3. The fourth-order valence-electron chi connectivity index (χ4n) is 1.33. The van der Waals surface area contributed by atoms with Crippen LogP contribution in [0.5, 0.6) is 0 Å². The van der Waals surface area contributed by atoms with Crippen LogP contribution in [0.1, 0.15) is 30.8 Å². The molecule has 0 atom stereocenters. The molecule has 0 aromatic carbocycles. The number of hydrogen-bond donors (Lipinski definition) is 1. The highest BCUT2D eigenvalue weighted by Gasteiger charge is 2.10. The van der Waals surface area contributed by atoms with E-state index in [0.717, 1.165) is 24.4 Å². The maximum atomic E-state index is 5.59. The van der Waals surface area contributed by atoms with E-state index in [9.17, 15) is 0 Å². The summed E-state index contributed by atoms with van der Waals surface area (Å²) in [4.78, 5) is 4.24. The molecule has 0 aliphatic carbocycles. The Bertz CT molecular complexity index is 474. The van der Waals surface area contributed by atoms with Gasteiger partial charge in [-0.15, -0.1) is 5.10 Å². The van der Waals surface area contributed by atoms with Crippen LogP contribution in [0.4, 0.5) is 5.82 Å². The minimum Gasteiger partial charge on any atom is -0.381 e. The number of hydrogen-bond acceptors (Lipinski definition) is 6. The number of nitrogen functional groups attached to an aromatic ring is 1. The van der Waals surface area contributed by atoms with Crippen molar-refractivity contribution < 1.29 is 4.52 Å². The van der Waals surface area contributed by atoms with E-state index in [0.29, 0.717) is 18.3 Å². The highest BCUT2D eigenvalue weighted by molar-refractivity contribution is 5.31. The molecule has 2 aromatic heterocycles. The molecule has 2 rings (SSSR count). The van der Waals surface area contributed by atoms with E-state index < -0.39 is 0 Å². The first-order valence-electron chi connectivity index (χ1n) is 5.17. The van der Waals surface area contributed by atoms with Gasteiger partial charge in [-0.3, -0.25) is 0 Å². The summed E-state index contributed by atoms with van der Waals surface area (Å²) >= 11 is 0. The second kappa shape index (κ2) is 4.30. The quantitative estimate of drug-likeness (QED) is 0.811. The lowest BCUT2D eigenvalue weighted by molar-refractivity contribution is 0.358. The van der Waals surface area contributed by atoms with Crippen LogP contribution in [0.15, 0.2) is 4.52 Å². The lowest BCUT2D eigenvalue weighted by atomic mass is 10.3. The van der Waals surface area contributed by atoms with Gasteiger partial charge in [0.15, 0.2) is 11.6 Å². The molecule has 2 aromatic rings. The molecule has 0 unspecified atom stereocenters. The summed E-state index contributed by atoms with van der Waals surface area (Å²) in [6, 6.07) is 0. The van der Waals surface area contributed by atoms with Crippen molar-refractivity contribution in [3.63, 3.8) is 0 Å². The summed E-state index contributed by atoms with van der Waals surface area (Å²) in [6.45, 7) is 4.32. The summed E-state index contributed by atoms with van der Waals surface area (Å²) in [7, 11) is 0. The van der Waals surface area contributed by atoms with Gasteiger partial charge in [0.05, 0.1) is 5.69 Å². The van der Waals surface area contributed by atoms with Crippen molar-refractivity contribution in [3.05, 3.63) is 17.4 Å². The molecule has 0 saturated heterocycles. The van der Waals surface area contributed by atoms with Crippen molar-refractivity contribution >= 4 is 5.82 Å². The zero-order chi connectivity index (χ0) is 11.5. The van der Waals surface area contributed by atoms with Gasteiger partial charge in [0, 0.05) is 6.42 Å². The fraction of sp³-hybridized carbons (Fsp3) is 0.556. The van der Waals surface area contributed by atoms with E-state index >= 15 is 0 Å². The maximum Gasteiger partial charge on any atom is 0.248 e. The first kappa shape index (κ1) is 10.6. The van der Waals surface area contributed by atoms with Gasteiger partial charge in [0.25, 0.3) is 0 Å². The van der Waals surface area contributed by atoms with E-state index in [2.05, 4.69) is 27.4 Å². The molecular weight excluding hydrogens is 208 g/mol. The lowest BCUT2D eigenvalue weighted by Crippen LogP contribution is -2.04. The third-order valence-electron chi connectivity index (χ3n) is 2.29. The Kier molecular flexibility index (Phi) is 2.84. The number of rotatable bonds is 4. The molecular formula is C9H14N6O. The molecule has 2 N–H and O–H groups in total. The van der Waals surface area contributed by atoms with Crippen LogP contribution in [0, 0.1) is 6.92 Å². The normalized spacial score (nSPS) is 10.9. The highest BCUT2D eigenvalue weighted by Crippen LogP contribution is 2.08. The van der Waals surface area contributed by atoms with Gasteiger partial charge < -0.3 is 10.3 Å². The van der Waals surface area contributed by atoms with Crippen LogP contribution < -0.4 is 5.73 Å². The second-order valence-corrected chi connectivity index (χ2v) is 3.57. The summed E-state index contributed by atoms with van der Waals surface area (Å²) in [5, 5.41) is 11.5. The van der Waals surface area contributed by atoms with Crippen LogP contribution in [0.3, 0.4) is 0 Å². The van der Waals surface area contributed by atoms with Crippen LogP contribution in [-0.2, 0) is 13.0 Å². The minimum atomic E-state index is 0.409. The molecule has 2 heterocycles. The van der Waals surface area contributed by atoms with Crippen LogP contribution in [0.25, 0.3) is 0 Å². The Morgan fingerprint density at radius 3 is 2.88 bits per heavy atom. The monoisotopic (exact) mass is 222 g/mol. The Hall–Kier alpha value is -1.92. The molecule has 86 valence electrons. The molecule has 0 aliphatic rings. The van der Waals surface area contributed by atoms with Gasteiger partial charge >= 0.3 is 0 Å². The molecule has 0 amide bonds. The second-order valence-electron chi connectivity index (χ2n) is 3.57. The Balaban J connectivity index is 2.11. The van der Waals surface area contributed by atoms with E-state index in [1.165, 1.54) is 0 Å². The Labute approximate surface area is 92.6 Å². The van der Waals surface area contributed by atoms with Crippen LogP contribution in [0.2, 0.25) is 0 Å². The van der Waals surface area contributed by atoms with E-state index in [1.54, 1.807) is 4.68 Å². The first-order valence-corrected chi connectivity index (χ1v) is 5.17. The van der Waals surface area contributed by atoms with E-state index in [-0.39, 0.29) is 0 Å². The van der Waals surface area contributed by atoms with Crippen molar-refractivity contribution in [1.29, 1.82) is 0 Å². The zero-order valence-corrected chi connectivity index (χ0v) is 9.34. The van der Waals surface area contributed by atoms with Crippen molar-refractivity contribution in [1.82, 2.24) is 25.1 Å². The van der Waals surface area contributed by atoms with E-state index in [1.807, 2.05) is 6.92 Å². The molecule has 0 aliphatic heterocycles. The number of anilines is 1. The molecule has 0 saturated carbocycles. The lowest BCUT2D eigenvalue weighted by Gasteiger charge is -1.97. The predicted octanol–water partition coefficient (Wildman–Crippen LogP) is 0.553. The third kappa shape index (κ3) is 2.02. The minimum absolute atomic E-state index is 0.409. The topological polar surface area (TPSA) is 95.7 Å². The van der Waals surface area contributed by atoms with Crippen molar-refractivity contribution in [2.24, 2.45) is 0 Å². The number of aryl methyl sites for hydroxylation is 1. The number of nitrogens with two attached hydrogens (primary N) is 1. The molecule has 7 nitrogen and oxygen atoms in total. The average molecular weight is 222 g/mol. The van der Waals surface area contributed by atoms with Crippen LogP contribution >= 0.6 is 0 Å². The largest absolute Gasteiger partial charge is 0.381 e. The molecule has 0 fully saturated rings. The number of aromatic nitrogens is 5. The third-order valence-corrected chi connectivity index (χ3v) is 2.29. The average Bonchev–Trinajstić information content (AvgIpc) is 2.82. The molecule has 7 heteroatoms. The zero-order valence-electron chi connectivity index (χ0n) is 9.34. The summed E-state index contributed by atoms with van der Waals surface area (Å²) in [5.41, 5.74) is 6.39. The van der Waals surface area contributed by atoms with Crippen LogP contribution in [-0.4, -0.2) is 25.1 Å². The Morgan fingerprint density at radius 2 is 2.25 bits per heavy atom. The van der Waals surface area contributed by atoms with Crippen molar-refractivity contribution in [2.45, 2.75) is 33.2 Å². The van der Waals surface area contributed by atoms with Crippen molar-refractivity contribution in [2.75, 3.05) is 5.73 Å². The molecule has 0 bridgehead atoms. The van der Waals surface area contributed by atoms with Gasteiger partial charge in [-0.05, 0) is 13.3 Å². The first-order chi connectivity index (χ1) is 7.70.